The molecule has 5 nitrogen and oxygen atoms in total. The van der Waals surface area contributed by atoms with Crippen LogP contribution in [0.25, 0.3) is 11.4 Å². The van der Waals surface area contributed by atoms with Gasteiger partial charge in [-0.3, -0.25) is 10.2 Å². The number of nitrogens with zero attached hydrogens (tertiary/aromatic N) is 3. The summed E-state index contributed by atoms with van der Waals surface area (Å²) in [5, 5.41) is 14.2. The van der Waals surface area contributed by atoms with Gasteiger partial charge in [0.25, 0.3) is 0 Å². The third kappa shape index (κ3) is 1.52. The SMILES string of the molecule is Cc1[nH]ncc1-c1n[nH]c(C2CCCC2)n1. The zero-order valence-corrected chi connectivity index (χ0v) is 9.32. The highest BCUT2D eigenvalue weighted by Crippen LogP contribution is 2.32. The highest BCUT2D eigenvalue weighted by Gasteiger charge is 2.21. The maximum atomic E-state index is 4.57. The first kappa shape index (κ1) is 9.57. The molecule has 2 N–H and O–H groups in total. The molecule has 84 valence electrons. The Morgan fingerprint density at radius 3 is 2.75 bits per heavy atom. The normalized spacial score (nSPS) is 17.1. The number of hydrogen-bond donors (Lipinski definition) is 2. The van der Waals surface area contributed by atoms with Crippen LogP contribution in [-0.4, -0.2) is 25.4 Å². The van der Waals surface area contributed by atoms with Crippen LogP contribution in [0.15, 0.2) is 6.20 Å². The van der Waals surface area contributed by atoms with Crippen molar-refractivity contribution in [2.45, 2.75) is 38.5 Å². The minimum Gasteiger partial charge on any atom is -0.282 e. The summed E-state index contributed by atoms with van der Waals surface area (Å²) in [7, 11) is 0. The fourth-order valence-electron chi connectivity index (χ4n) is 2.35. The first-order valence-electron chi connectivity index (χ1n) is 5.77. The number of aryl methyl sites for hydroxylation is 1. The minimum atomic E-state index is 0.577. The van der Waals surface area contributed by atoms with Crippen LogP contribution in [0, 0.1) is 6.92 Å². The number of aromatic amines is 2. The maximum Gasteiger partial charge on any atom is 0.184 e. The van der Waals surface area contributed by atoms with Gasteiger partial charge in [0.1, 0.15) is 5.82 Å². The molecule has 1 saturated carbocycles. The molecule has 2 heterocycles. The summed E-state index contributed by atoms with van der Waals surface area (Å²) < 4.78 is 0. The Kier molecular flexibility index (Phi) is 2.23. The van der Waals surface area contributed by atoms with Crippen LogP contribution >= 0.6 is 0 Å². The number of H-pyrrole nitrogens is 2. The number of aromatic nitrogens is 5. The number of rotatable bonds is 2. The Morgan fingerprint density at radius 1 is 1.25 bits per heavy atom. The smallest absolute Gasteiger partial charge is 0.184 e. The summed E-state index contributed by atoms with van der Waals surface area (Å²) in [6.45, 7) is 1.98. The molecule has 0 atom stereocenters. The second kappa shape index (κ2) is 3.73. The zero-order valence-electron chi connectivity index (χ0n) is 9.32. The highest BCUT2D eigenvalue weighted by atomic mass is 15.2. The summed E-state index contributed by atoms with van der Waals surface area (Å²) in [4.78, 5) is 4.57. The summed E-state index contributed by atoms with van der Waals surface area (Å²) in [5.41, 5.74) is 2.00. The lowest BCUT2D eigenvalue weighted by molar-refractivity contribution is 0.672. The molecule has 0 aromatic carbocycles. The molecule has 0 aliphatic heterocycles. The van der Waals surface area contributed by atoms with Crippen molar-refractivity contribution in [1.82, 2.24) is 25.4 Å². The molecule has 3 rings (SSSR count). The molecule has 1 fully saturated rings. The largest absolute Gasteiger partial charge is 0.282 e. The van der Waals surface area contributed by atoms with Crippen molar-refractivity contribution in [3.05, 3.63) is 17.7 Å². The van der Waals surface area contributed by atoms with Gasteiger partial charge in [-0.25, -0.2) is 4.98 Å². The fourth-order valence-corrected chi connectivity index (χ4v) is 2.35. The Labute approximate surface area is 93.7 Å². The lowest BCUT2D eigenvalue weighted by atomic mass is 10.1. The van der Waals surface area contributed by atoms with E-state index in [1.165, 1.54) is 25.7 Å². The molecule has 1 aliphatic rings. The summed E-state index contributed by atoms with van der Waals surface area (Å²) in [5.74, 6) is 2.37. The molecular formula is C11H15N5. The van der Waals surface area contributed by atoms with Gasteiger partial charge in [0, 0.05) is 11.6 Å². The Hall–Kier alpha value is -1.65. The Bertz CT molecular complexity index is 478. The van der Waals surface area contributed by atoms with Crippen LogP contribution in [0.5, 0.6) is 0 Å². The van der Waals surface area contributed by atoms with Crippen LogP contribution in [0.4, 0.5) is 0 Å². The fraction of sp³-hybridized carbons (Fsp3) is 0.545. The molecule has 0 spiro atoms. The predicted octanol–water partition coefficient (Wildman–Crippen LogP) is 2.16. The van der Waals surface area contributed by atoms with E-state index in [1.807, 2.05) is 6.92 Å². The van der Waals surface area contributed by atoms with Crippen molar-refractivity contribution in [2.75, 3.05) is 0 Å². The number of nitrogens with one attached hydrogen (secondary N) is 2. The molecule has 2 aromatic heterocycles. The lowest BCUT2D eigenvalue weighted by Gasteiger charge is -2.01. The Morgan fingerprint density at radius 2 is 2.06 bits per heavy atom. The van der Waals surface area contributed by atoms with Crippen molar-refractivity contribution >= 4 is 0 Å². The third-order valence-electron chi connectivity index (χ3n) is 3.32. The van der Waals surface area contributed by atoms with Gasteiger partial charge in [0.15, 0.2) is 5.82 Å². The third-order valence-corrected chi connectivity index (χ3v) is 3.32. The summed E-state index contributed by atoms with van der Waals surface area (Å²) in [6.07, 6.45) is 6.87. The molecule has 0 amide bonds. The van der Waals surface area contributed by atoms with E-state index in [0.717, 1.165) is 22.9 Å². The topological polar surface area (TPSA) is 70.2 Å². The summed E-state index contributed by atoms with van der Waals surface area (Å²) in [6, 6.07) is 0. The second-order valence-corrected chi connectivity index (χ2v) is 4.43. The average Bonchev–Trinajstić information content (AvgIpc) is 2.96. The molecule has 2 aromatic rings. The van der Waals surface area contributed by atoms with Crippen molar-refractivity contribution in [3.8, 4) is 11.4 Å². The van der Waals surface area contributed by atoms with Crippen LogP contribution in [-0.2, 0) is 0 Å². The van der Waals surface area contributed by atoms with Crippen molar-refractivity contribution in [2.24, 2.45) is 0 Å². The Balaban J connectivity index is 1.90. The van der Waals surface area contributed by atoms with Gasteiger partial charge in [-0.05, 0) is 19.8 Å². The predicted molar refractivity (Wildman–Crippen MR) is 59.9 cm³/mol. The van der Waals surface area contributed by atoms with Gasteiger partial charge in [-0.1, -0.05) is 12.8 Å². The highest BCUT2D eigenvalue weighted by molar-refractivity contribution is 5.56. The van der Waals surface area contributed by atoms with Crippen LogP contribution in [0.1, 0.15) is 43.1 Å². The average molecular weight is 217 g/mol. The van der Waals surface area contributed by atoms with E-state index in [1.54, 1.807) is 6.20 Å². The van der Waals surface area contributed by atoms with Crippen LogP contribution in [0.3, 0.4) is 0 Å². The van der Waals surface area contributed by atoms with Crippen molar-refractivity contribution in [3.63, 3.8) is 0 Å². The molecule has 1 aliphatic carbocycles. The van der Waals surface area contributed by atoms with Gasteiger partial charge in [-0.2, -0.15) is 10.2 Å². The van der Waals surface area contributed by atoms with Crippen molar-refractivity contribution in [1.29, 1.82) is 0 Å². The molecule has 0 saturated heterocycles. The van der Waals surface area contributed by atoms with Gasteiger partial charge in [0.2, 0.25) is 0 Å². The van der Waals surface area contributed by atoms with E-state index in [9.17, 15) is 0 Å². The molecule has 16 heavy (non-hydrogen) atoms. The maximum absolute atomic E-state index is 4.57. The van der Waals surface area contributed by atoms with Crippen LogP contribution in [0.2, 0.25) is 0 Å². The second-order valence-electron chi connectivity index (χ2n) is 4.43. The first-order chi connectivity index (χ1) is 7.84. The molecular weight excluding hydrogens is 202 g/mol. The van der Waals surface area contributed by atoms with Gasteiger partial charge < -0.3 is 0 Å². The summed E-state index contributed by atoms with van der Waals surface area (Å²) >= 11 is 0. The van der Waals surface area contributed by atoms with E-state index < -0.39 is 0 Å². The monoisotopic (exact) mass is 217 g/mol. The van der Waals surface area contributed by atoms with Gasteiger partial charge in [0.05, 0.1) is 11.8 Å². The van der Waals surface area contributed by atoms with E-state index >= 15 is 0 Å². The molecule has 0 radical (unpaired) electrons. The van der Waals surface area contributed by atoms with Gasteiger partial charge >= 0.3 is 0 Å². The molecule has 0 unspecified atom stereocenters. The standard InChI is InChI=1S/C11H15N5/c1-7-9(6-12-14-7)11-13-10(15-16-11)8-4-2-3-5-8/h6,8H,2-5H2,1H3,(H,12,14)(H,13,15,16). The van der Waals surface area contributed by atoms with E-state index in [2.05, 4.69) is 25.4 Å². The lowest BCUT2D eigenvalue weighted by Crippen LogP contribution is -1.94. The molecule has 5 heteroatoms. The van der Waals surface area contributed by atoms with Crippen LogP contribution < -0.4 is 0 Å². The van der Waals surface area contributed by atoms with Crippen molar-refractivity contribution < 1.29 is 0 Å². The van der Waals surface area contributed by atoms with Gasteiger partial charge in [-0.15, -0.1) is 0 Å². The quantitative estimate of drug-likeness (QED) is 0.809. The minimum absolute atomic E-state index is 0.577. The van der Waals surface area contributed by atoms with E-state index in [4.69, 9.17) is 0 Å². The number of hydrogen-bond acceptors (Lipinski definition) is 3. The van der Waals surface area contributed by atoms with E-state index in [-0.39, 0.29) is 0 Å². The first-order valence-corrected chi connectivity index (χ1v) is 5.77. The molecule has 0 bridgehead atoms. The van der Waals surface area contributed by atoms with E-state index in [0.29, 0.717) is 5.92 Å². The zero-order chi connectivity index (χ0) is 11.0.